The van der Waals surface area contributed by atoms with Gasteiger partial charge in [-0.2, -0.15) is 0 Å². The van der Waals surface area contributed by atoms with E-state index in [0.717, 1.165) is 37.8 Å². The van der Waals surface area contributed by atoms with Gasteiger partial charge in [0.2, 0.25) is 0 Å². The van der Waals surface area contributed by atoms with Crippen LogP contribution in [0.4, 0.5) is 5.69 Å². The summed E-state index contributed by atoms with van der Waals surface area (Å²) in [6, 6.07) is 27.1. The molecule has 0 amide bonds. The van der Waals surface area contributed by atoms with Crippen molar-refractivity contribution in [2.45, 2.75) is 13.2 Å². The van der Waals surface area contributed by atoms with Gasteiger partial charge in [0.15, 0.2) is 0 Å². The Morgan fingerprint density at radius 2 is 1.73 bits per heavy atom. The molecular formula is C25H20BrNO3. The fourth-order valence-electron chi connectivity index (χ4n) is 3.33. The predicted octanol–water partition coefficient (Wildman–Crippen LogP) is 6.49. The van der Waals surface area contributed by atoms with E-state index < -0.39 is 5.97 Å². The quantitative estimate of drug-likeness (QED) is 0.330. The van der Waals surface area contributed by atoms with E-state index >= 15 is 0 Å². The molecule has 0 heterocycles. The van der Waals surface area contributed by atoms with Crippen molar-refractivity contribution in [1.82, 2.24) is 0 Å². The highest BCUT2D eigenvalue weighted by atomic mass is 79.9. The fraction of sp³-hybridized carbons (Fsp3) is 0.0800. The Balaban J connectivity index is 1.61. The maximum absolute atomic E-state index is 11.2. The molecule has 0 fully saturated rings. The summed E-state index contributed by atoms with van der Waals surface area (Å²) in [6.07, 6.45) is 0. The molecule has 4 aromatic rings. The Kier molecular flexibility index (Phi) is 6.00. The smallest absolute Gasteiger partial charge is 0.335 e. The van der Waals surface area contributed by atoms with Gasteiger partial charge in [-0.15, -0.1) is 0 Å². The van der Waals surface area contributed by atoms with E-state index in [-0.39, 0.29) is 5.56 Å². The maximum Gasteiger partial charge on any atom is 0.335 e. The highest BCUT2D eigenvalue weighted by molar-refractivity contribution is 9.10. The molecule has 0 bridgehead atoms. The van der Waals surface area contributed by atoms with Gasteiger partial charge < -0.3 is 15.2 Å². The molecule has 0 saturated carbocycles. The number of aromatic carboxylic acids is 1. The molecular weight excluding hydrogens is 442 g/mol. The Morgan fingerprint density at radius 3 is 2.53 bits per heavy atom. The van der Waals surface area contributed by atoms with Gasteiger partial charge in [0.25, 0.3) is 0 Å². The van der Waals surface area contributed by atoms with Gasteiger partial charge in [0, 0.05) is 22.3 Å². The number of ether oxygens (including phenoxy) is 1. The average molecular weight is 462 g/mol. The Morgan fingerprint density at radius 1 is 0.933 bits per heavy atom. The van der Waals surface area contributed by atoms with Gasteiger partial charge >= 0.3 is 5.97 Å². The lowest BCUT2D eigenvalue weighted by Crippen LogP contribution is -2.05. The van der Waals surface area contributed by atoms with Crippen molar-refractivity contribution in [2.24, 2.45) is 0 Å². The number of nitrogens with one attached hydrogen (secondary N) is 1. The molecule has 0 atom stereocenters. The van der Waals surface area contributed by atoms with Gasteiger partial charge in [-0.05, 0) is 52.7 Å². The fourth-order valence-corrected chi connectivity index (χ4v) is 3.59. The number of hydrogen-bond donors (Lipinski definition) is 2. The molecule has 4 nitrogen and oxygen atoms in total. The molecule has 0 aromatic heterocycles. The number of fused-ring (bicyclic) bond motifs is 1. The third kappa shape index (κ3) is 4.63. The summed E-state index contributed by atoms with van der Waals surface area (Å²) in [6.45, 7) is 0.979. The molecule has 0 aliphatic rings. The van der Waals surface area contributed by atoms with Crippen molar-refractivity contribution in [1.29, 1.82) is 0 Å². The zero-order chi connectivity index (χ0) is 20.9. The summed E-state index contributed by atoms with van der Waals surface area (Å²) in [5.41, 5.74) is 3.12. The standard InChI is InChI=1S/C25H20BrNO3/c26-20-11-8-17(9-12-20)16-30-24-13-10-18-4-1-2-7-22(18)23(24)15-27-21-6-3-5-19(14-21)25(28)29/h1-14,27H,15-16H2,(H,28,29). The van der Waals surface area contributed by atoms with E-state index in [1.54, 1.807) is 18.2 Å². The van der Waals surface area contributed by atoms with Crippen LogP contribution in [0.15, 0.2) is 89.4 Å². The average Bonchev–Trinajstić information content (AvgIpc) is 2.77. The molecule has 2 N–H and O–H groups in total. The Bertz CT molecular complexity index is 1190. The number of carboxylic acids is 1. The van der Waals surface area contributed by atoms with Crippen LogP contribution in [0.3, 0.4) is 0 Å². The highest BCUT2D eigenvalue weighted by Gasteiger charge is 2.10. The number of anilines is 1. The number of carboxylic acid groups (broad SMARTS) is 1. The van der Waals surface area contributed by atoms with Gasteiger partial charge in [0.1, 0.15) is 12.4 Å². The van der Waals surface area contributed by atoms with E-state index in [2.05, 4.69) is 39.4 Å². The third-order valence-electron chi connectivity index (χ3n) is 4.88. The molecule has 4 aromatic carbocycles. The minimum absolute atomic E-state index is 0.254. The van der Waals surface area contributed by atoms with Crippen molar-refractivity contribution in [3.8, 4) is 5.75 Å². The summed E-state index contributed by atoms with van der Waals surface area (Å²) in [7, 11) is 0. The lowest BCUT2D eigenvalue weighted by molar-refractivity contribution is 0.0697. The first-order valence-electron chi connectivity index (χ1n) is 9.55. The predicted molar refractivity (Wildman–Crippen MR) is 123 cm³/mol. The van der Waals surface area contributed by atoms with Crippen molar-refractivity contribution >= 4 is 38.4 Å². The third-order valence-corrected chi connectivity index (χ3v) is 5.41. The van der Waals surface area contributed by atoms with Gasteiger partial charge in [-0.1, -0.05) is 64.5 Å². The van der Waals surface area contributed by atoms with Crippen LogP contribution in [0.5, 0.6) is 5.75 Å². The van der Waals surface area contributed by atoms with Crippen LogP contribution in [0, 0.1) is 0 Å². The normalized spacial score (nSPS) is 10.7. The molecule has 150 valence electrons. The van der Waals surface area contributed by atoms with Crippen LogP contribution in [-0.2, 0) is 13.2 Å². The first-order valence-corrected chi connectivity index (χ1v) is 10.3. The number of halogens is 1. The van der Waals surface area contributed by atoms with Crippen LogP contribution in [-0.4, -0.2) is 11.1 Å². The van der Waals surface area contributed by atoms with Crippen LogP contribution in [0.1, 0.15) is 21.5 Å². The van der Waals surface area contributed by atoms with Gasteiger partial charge in [0.05, 0.1) is 5.56 Å². The van der Waals surface area contributed by atoms with Gasteiger partial charge in [-0.25, -0.2) is 4.79 Å². The van der Waals surface area contributed by atoms with Crippen LogP contribution < -0.4 is 10.1 Å². The molecule has 0 saturated heterocycles. The number of carbonyl (C=O) groups is 1. The van der Waals surface area contributed by atoms with Crippen molar-refractivity contribution in [2.75, 3.05) is 5.32 Å². The van der Waals surface area contributed by atoms with Gasteiger partial charge in [-0.3, -0.25) is 0 Å². The Hall–Kier alpha value is -3.31. The first kappa shape index (κ1) is 20.0. The zero-order valence-electron chi connectivity index (χ0n) is 16.1. The molecule has 0 aliphatic heterocycles. The monoisotopic (exact) mass is 461 g/mol. The number of rotatable bonds is 7. The van der Waals surface area contributed by atoms with Crippen LogP contribution in [0.25, 0.3) is 10.8 Å². The Labute approximate surface area is 183 Å². The highest BCUT2D eigenvalue weighted by Crippen LogP contribution is 2.30. The summed E-state index contributed by atoms with van der Waals surface area (Å²) in [5, 5.41) is 14.8. The van der Waals surface area contributed by atoms with E-state index in [4.69, 9.17) is 4.74 Å². The summed E-state index contributed by atoms with van der Waals surface area (Å²) >= 11 is 3.45. The topological polar surface area (TPSA) is 58.6 Å². The summed E-state index contributed by atoms with van der Waals surface area (Å²) < 4.78 is 7.20. The first-order chi connectivity index (χ1) is 14.6. The second kappa shape index (κ2) is 9.01. The van der Waals surface area contributed by atoms with Crippen molar-refractivity contribution < 1.29 is 14.6 Å². The molecule has 0 spiro atoms. The summed E-state index contributed by atoms with van der Waals surface area (Å²) in [4.78, 5) is 11.2. The van der Waals surface area contributed by atoms with E-state index in [1.807, 2.05) is 48.5 Å². The largest absolute Gasteiger partial charge is 0.489 e. The van der Waals surface area contributed by atoms with Crippen LogP contribution in [0.2, 0.25) is 0 Å². The number of benzene rings is 4. The van der Waals surface area contributed by atoms with Crippen molar-refractivity contribution in [3.05, 3.63) is 106 Å². The SMILES string of the molecule is O=C(O)c1cccc(NCc2c(OCc3ccc(Br)cc3)ccc3ccccc23)c1. The maximum atomic E-state index is 11.2. The van der Waals surface area contributed by atoms with E-state index in [1.165, 1.54) is 0 Å². The number of hydrogen-bond acceptors (Lipinski definition) is 3. The minimum atomic E-state index is -0.942. The molecule has 0 radical (unpaired) electrons. The second-order valence-electron chi connectivity index (χ2n) is 6.92. The lowest BCUT2D eigenvalue weighted by atomic mass is 10.0. The van der Waals surface area contributed by atoms with Crippen LogP contribution >= 0.6 is 15.9 Å². The molecule has 0 unspecified atom stereocenters. The van der Waals surface area contributed by atoms with E-state index in [9.17, 15) is 9.90 Å². The minimum Gasteiger partial charge on any atom is -0.489 e. The second-order valence-corrected chi connectivity index (χ2v) is 7.83. The molecule has 30 heavy (non-hydrogen) atoms. The molecule has 5 heteroatoms. The lowest BCUT2D eigenvalue weighted by Gasteiger charge is -2.16. The van der Waals surface area contributed by atoms with Crippen molar-refractivity contribution in [3.63, 3.8) is 0 Å². The molecule has 4 rings (SSSR count). The van der Waals surface area contributed by atoms with E-state index in [0.29, 0.717) is 13.2 Å². The zero-order valence-corrected chi connectivity index (χ0v) is 17.7. The summed E-state index contributed by atoms with van der Waals surface area (Å²) in [5.74, 6) is -0.138. The molecule has 0 aliphatic carbocycles.